The maximum Gasteiger partial charge on any atom is 0.331 e. The first kappa shape index (κ1) is 17.4. The number of aliphatic hydroxyl groups excluding tert-OH is 1. The Labute approximate surface area is 151 Å². The first-order valence-electron chi connectivity index (χ1n) is 7.46. The second-order valence-electron chi connectivity index (χ2n) is 6.06. The second-order valence-corrected chi connectivity index (χ2v) is 8.87. The smallest absolute Gasteiger partial charge is 0.331 e. The van der Waals surface area contributed by atoms with Crippen molar-refractivity contribution in [3.05, 3.63) is 53.1 Å². The van der Waals surface area contributed by atoms with E-state index in [2.05, 4.69) is 0 Å². The molecule has 1 unspecified atom stereocenters. The molecule has 1 atom stereocenters. The lowest BCUT2D eigenvalue weighted by Gasteiger charge is -2.11. The van der Waals surface area contributed by atoms with Gasteiger partial charge in [-0.15, -0.1) is 22.7 Å². The maximum atomic E-state index is 12.4. The molecule has 3 aromatic rings. The molecule has 0 aliphatic rings. The number of nitrogens with zero attached hydrogens (tertiary/aromatic N) is 2. The number of thiophene rings is 2. The molecule has 1 N–H and O–H groups in total. The van der Waals surface area contributed by atoms with Gasteiger partial charge in [-0.3, -0.25) is 13.9 Å². The molecule has 128 valence electrons. The third kappa shape index (κ3) is 2.97. The van der Waals surface area contributed by atoms with Crippen molar-refractivity contribution in [1.82, 2.24) is 9.13 Å². The Balaban J connectivity index is 2.21. The molecule has 3 aromatic heterocycles. The van der Waals surface area contributed by atoms with Crippen LogP contribution >= 0.6 is 34.3 Å². The fourth-order valence-corrected chi connectivity index (χ4v) is 4.86. The molecule has 3 heterocycles. The Hall–Kier alpha value is -1.41. The molecule has 0 saturated heterocycles. The van der Waals surface area contributed by atoms with E-state index in [1.54, 1.807) is 22.8 Å². The number of aromatic nitrogens is 2. The third-order valence-electron chi connectivity index (χ3n) is 3.71. The highest BCUT2D eigenvalue weighted by Crippen LogP contribution is 2.35. The third-order valence-corrected chi connectivity index (χ3v) is 6.20. The van der Waals surface area contributed by atoms with Gasteiger partial charge in [-0.2, -0.15) is 0 Å². The van der Waals surface area contributed by atoms with Gasteiger partial charge in [0.05, 0.1) is 9.72 Å². The summed E-state index contributed by atoms with van der Waals surface area (Å²) in [7, 11) is 1.48. The largest absolute Gasteiger partial charge is 0.382 e. The van der Waals surface area contributed by atoms with Crippen molar-refractivity contribution in [2.75, 3.05) is 0 Å². The van der Waals surface area contributed by atoms with E-state index in [0.29, 0.717) is 30.9 Å². The van der Waals surface area contributed by atoms with E-state index in [1.165, 1.54) is 29.7 Å². The van der Waals surface area contributed by atoms with Crippen molar-refractivity contribution in [2.45, 2.75) is 26.5 Å². The Morgan fingerprint density at radius 1 is 1.21 bits per heavy atom. The molecule has 0 fully saturated rings. The Morgan fingerprint density at radius 2 is 1.92 bits per heavy atom. The van der Waals surface area contributed by atoms with E-state index in [0.717, 1.165) is 4.57 Å². The van der Waals surface area contributed by atoms with Crippen LogP contribution in [0.3, 0.4) is 0 Å². The minimum absolute atomic E-state index is 0.259. The molecule has 0 aliphatic heterocycles. The fraction of sp³-hybridized carbons (Fsp3) is 0.375. The lowest BCUT2D eigenvalue weighted by Crippen LogP contribution is -2.38. The molecular weight excluding hydrogens is 368 g/mol. The predicted octanol–water partition coefficient (Wildman–Crippen LogP) is 3.21. The number of hydrogen-bond donors (Lipinski definition) is 1. The van der Waals surface area contributed by atoms with Crippen LogP contribution in [0.2, 0.25) is 4.34 Å². The van der Waals surface area contributed by atoms with Crippen LogP contribution in [0.4, 0.5) is 0 Å². The normalized spacial score (nSPS) is 13.1. The van der Waals surface area contributed by atoms with E-state index >= 15 is 0 Å². The number of rotatable bonds is 4. The summed E-state index contributed by atoms with van der Waals surface area (Å²) in [6.07, 6.45) is -0.854. The lowest BCUT2D eigenvalue weighted by atomic mass is 10.2. The van der Waals surface area contributed by atoms with Crippen LogP contribution in [0.25, 0.3) is 10.2 Å². The molecule has 0 aromatic carbocycles. The van der Waals surface area contributed by atoms with Crippen molar-refractivity contribution in [3.63, 3.8) is 0 Å². The van der Waals surface area contributed by atoms with Gasteiger partial charge in [0.25, 0.3) is 5.56 Å². The first-order chi connectivity index (χ1) is 11.3. The van der Waals surface area contributed by atoms with E-state index in [-0.39, 0.29) is 17.2 Å². The molecule has 24 heavy (non-hydrogen) atoms. The molecule has 0 spiro atoms. The first-order valence-corrected chi connectivity index (χ1v) is 9.47. The van der Waals surface area contributed by atoms with Crippen LogP contribution in [0, 0.1) is 5.92 Å². The summed E-state index contributed by atoms with van der Waals surface area (Å²) in [4.78, 5) is 26.8. The Bertz CT molecular complexity index is 1010. The zero-order valence-corrected chi connectivity index (χ0v) is 15.8. The van der Waals surface area contributed by atoms with Gasteiger partial charge in [-0.05, 0) is 24.1 Å². The summed E-state index contributed by atoms with van der Waals surface area (Å²) >= 11 is 8.51. The monoisotopic (exact) mass is 384 g/mol. The summed E-state index contributed by atoms with van der Waals surface area (Å²) < 4.78 is 3.33. The fourth-order valence-electron chi connectivity index (χ4n) is 2.57. The minimum atomic E-state index is -0.854. The molecule has 0 radical (unpaired) electrons. The SMILES string of the molecule is CC(C)Cn1c(=O)n(C)c(=O)c2cc(C(O)c3ccc(Cl)s3)sc21. The number of hydrogen-bond acceptors (Lipinski definition) is 5. The molecule has 8 heteroatoms. The van der Waals surface area contributed by atoms with Crippen LogP contribution in [0.15, 0.2) is 27.8 Å². The van der Waals surface area contributed by atoms with Crippen molar-refractivity contribution < 1.29 is 5.11 Å². The summed E-state index contributed by atoms with van der Waals surface area (Å²) in [5.41, 5.74) is -0.669. The van der Waals surface area contributed by atoms with Crippen LogP contribution in [0.1, 0.15) is 29.7 Å². The Morgan fingerprint density at radius 3 is 2.50 bits per heavy atom. The van der Waals surface area contributed by atoms with Crippen molar-refractivity contribution in [1.29, 1.82) is 0 Å². The zero-order valence-electron chi connectivity index (χ0n) is 13.4. The zero-order chi connectivity index (χ0) is 17.6. The van der Waals surface area contributed by atoms with Gasteiger partial charge in [0.2, 0.25) is 0 Å². The van der Waals surface area contributed by atoms with Gasteiger partial charge in [0.1, 0.15) is 10.9 Å². The molecule has 5 nitrogen and oxygen atoms in total. The predicted molar refractivity (Wildman–Crippen MR) is 99.6 cm³/mol. The number of fused-ring (bicyclic) bond motifs is 1. The highest BCUT2D eigenvalue weighted by atomic mass is 35.5. The minimum Gasteiger partial charge on any atom is -0.382 e. The standard InChI is InChI=1S/C16H17ClN2O3S2/c1-8(2)7-19-15-9(14(21)18(3)16(19)22)6-11(24-15)13(20)10-4-5-12(17)23-10/h4-6,8,13,20H,7H2,1-3H3. The molecule has 0 aliphatic carbocycles. The topological polar surface area (TPSA) is 64.2 Å². The van der Waals surface area contributed by atoms with Crippen LogP contribution in [0.5, 0.6) is 0 Å². The number of halogens is 1. The van der Waals surface area contributed by atoms with Gasteiger partial charge in [0.15, 0.2) is 0 Å². The van der Waals surface area contributed by atoms with Gasteiger partial charge >= 0.3 is 5.69 Å². The van der Waals surface area contributed by atoms with Crippen LogP contribution in [-0.4, -0.2) is 14.2 Å². The highest BCUT2D eigenvalue weighted by Gasteiger charge is 2.20. The van der Waals surface area contributed by atoms with E-state index in [1.807, 2.05) is 13.8 Å². The summed E-state index contributed by atoms with van der Waals surface area (Å²) in [6, 6.07) is 5.17. The van der Waals surface area contributed by atoms with Crippen LogP contribution < -0.4 is 11.2 Å². The highest BCUT2D eigenvalue weighted by molar-refractivity contribution is 7.19. The Kier molecular flexibility index (Phi) is 4.70. The summed E-state index contributed by atoms with van der Waals surface area (Å²) in [6.45, 7) is 4.55. The van der Waals surface area contributed by atoms with Gasteiger partial charge in [0, 0.05) is 23.3 Å². The summed E-state index contributed by atoms with van der Waals surface area (Å²) in [5.74, 6) is 0.259. The van der Waals surface area contributed by atoms with Gasteiger partial charge in [-0.1, -0.05) is 25.4 Å². The molecule has 0 bridgehead atoms. The van der Waals surface area contributed by atoms with Gasteiger partial charge in [-0.25, -0.2) is 4.79 Å². The average molecular weight is 385 g/mol. The van der Waals surface area contributed by atoms with Crippen LogP contribution in [-0.2, 0) is 13.6 Å². The lowest BCUT2D eigenvalue weighted by molar-refractivity contribution is 0.228. The molecular formula is C16H17ClN2O3S2. The molecule has 0 amide bonds. The molecule has 3 rings (SSSR count). The quantitative estimate of drug-likeness (QED) is 0.751. The average Bonchev–Trinajstić information content (AvgIpc) is 3.15. The van der Waals surface area contributed by atoms with E-state index in [4.69, 9.17) is 11.6 Å². The summed E-state index contributed by atoms with van der Waals surface area (Å²) in [5, 5.41) is 11.0. The van der Waals surface area contributed by atoms with Crippen molar-refractivity contribution in [2.24, 2.45) is 13.0 Å². The second kappa shape index (κ2) is 6.48. The van der Waals surface area contributed by atoms with E-state index in [9.17, 15) is 14.7 Å². The van der Waals surface area contributed by atoms with Crippen molar-refractivity contribution >= 4 is 44.5 Å². The van der Waals surface area contributed by atoms with E-state index < -0.39 is 6.10 Å². The number of aliphatic hydroxyl groups is 1. The van der Waals surface area contributed by atoms with Crippen molar-refractivity contribution in [3.8, 4) is 0 Å². The molecule has 0 saturated carbocycles. The van der Waals surface area contributed by atoms with Gasteiger partial charge < -0.3 is 5.11 Å². The maximum absolute atomic E-state index is 12.4.